The van der Waals surface area contributed by atoms with Gasteiger partial charge in [-0.05, 0) is 78.5 Å². The molecular formula is C21H27N. The van der Waals surface area contributed by atoms with Gasteiger partial charge in [-0.3, -0.25) is 0 Å². The Hall–Kier alpha value is -1.42. The van der Waals surface area contributed by atoms with E-state index in [4.69, 9.17) is 6.42 Å². The van der Waals surface area contributed by atoms with E-state index in [9.17, 15) is 0 Å². The molecule has 1 N–H and O–H groups in total. The summed E-state index contributed by atoms with van der Waals surface area (Å²) in [7, 11) is 0. The van der Waals surface area contributed by atoms with Crippen LogP contribution < -0.4 is 5.32 Å². The summed E-state index contributed by atoms with van der Waals surface area (Å²) in [6.07, 6.45) is 13.5. The standard InChI is InChI=1S/C21H27N/c1-4-14-11-18-17(16-7-8-16)9-10-19(22-13-15-5-6-15)20(18)21(2,3)12-14/h1,9-10,14-16,22H,5-8,11-13H2,2-3H3. The second-order valence-corrected chi connectivity index (χ2v) is 8.31. The Labute approximate surface area is 134 Å². The van der Waals surface area contributed by atoms with Crippen LogP contribution in [0.25, 0.3) is 0 Å². The van der Waals surface area contributed by atoms with Crippen LogP contribution in [0.5, 0.6) is 0 Å². The highest BCUT2D eigenvalue weighted by Gasteiger charge is 2.38. The zero-order valence-corrected chi connectivity index (χ0v) is 13.9. The molecule has 1 aromatic carbocycles. The van der Waals surface area contributed by atoms with Gasteiger partial charge in [-0.2, -0.15) is 0 Å². The smallest absolute Gasteiger partial charge is 0.0381 e. The van der Waals surface area contributed by atoms with Crippen LogP contribution >= 0.6 is 0 Å². The Morgan fingerprint density at radius 2 is 2.00 bits per heavy atom. The summed E-state index contributed by atoms with van der Waals surface area (Å²) in [5.41, 5.74) is 6.32. The van der Waals surface area contributed by atoms with Gasteiger partial charge in [0, 0.05) is 18.2 Å². The summed E-state index contributed by atoms with van der Waals surface area (Å²) in [5.74, 6) is 5.16. The molecule has 2 saturated carbocycles. The minimum Gasteiger partial charge on any atom is -0.385 e. The average molecular weight is 293 g/mol. The lowest BCUT2D eigenvalue weighted by Gasteiger charge is -2.39. The van der Waals surface area contributed by atoms with Crippen molar-refractivity contribution in [2.75, 3.05) is 11.9 Å². The van der Waals surface area contributed by atoms with E-state index in [1.54, 1.807) is 16.7 Å². The van der Waals surface area contributed by atoms with Crippen molar-refractivity contribution in [3.63, 3.8) is 0 Å². The SMILES string of the molecule is C#CC1Cc2c(C3CC3)ccc(NCC3CC3)c2C(C)(C)C1. The molecule has 22 heavy (non-hydrogen) atoms. The van der Waals surface area contributed by atoms with Crippen LogP contribution in [-0.4, -0.2) is 6.54 Å². The predicted molar refractivity (Wildman–Crippen MR) is 93.3 cm³/mol. The predicted octanol–water partition coefficient (Wildman–Crippen LogP) is 4.86. The van der Waals surface area contributed by atoms with Crippen LogP contribution in [0.2, 0.25) is 0 Å². The Morgan fingerprint density at radius 3 is 2.64 bits per heavy atom. The fraction of sp³-hybridized carbons (Fsp3) is 0.619. The quantitative estimate of drug-likeness (QED) is 0.782. The summed E-state index contributed by atoms with van der Waals surface area (Å²) in [6, 6.07) is 4.74. The van der Waals surface area contributed by atoms with Crippen molar-refractivity contribution in [1.82, 2.24) is 0 Å². The Kier molecular flexibility index (Phi) is 3.26. The van der Waals surface area contributed by atoms with Gasteiger partial charge < -0.3 is 5.32 Å². The van der Waals surface area contributed by atoms with Crippen molar-refractivity contribution >= 4 is 5.69 Å². The second kappa shape index (κ2) is 5.05. The molecule has 3 aliphatic rings. The van der Waals surface area contributed by atoms with E-state index in [1.165, 1.54) is 31.4 Å². The lowest BCUT2D eigenvalue weighted by atomic mass is 9.66. The highest BCUT2D eigenvalue weighted by molar-refractivity contribution is 5.62. The van der Waals surface area contributed by atoms with Crippen molar-refractivity contribution in [3.05, 3.63) is 28.8 Å². The summed E-state index contributed by atoms with van der Waals surface area (Å²) in [4.78, 5) is 0. The first-order valence-electron chi connectivity index (χ1n) is 8.95. The highest BCUT2D eigenvalue weighted by Crippen LogP contribution is 2.50. The van der Waals surface area contributed by atoms with E-state index in [2.05, 4.69) is 37.2 Å². The Bertz CT molecular complexity index is 626. The maximum atomic E-state index is 5.80. The zero-order valence-electron chi connectivity index (χ0n) is 13.9. The molecule has 1 heteroatoms. The van der Waals surface area contributed by atoms with Gasteiger partial charge in [0.2, 0.25) is 0 Å². The normalized spacial score (nSPS) is 26.1. The molecule has 116 valence electrons. The topological polar surface area (TPSA) is 12.0 Å². The molecule has 1 unspecified atom stereocenters. The molecule has 0 heterocycles. The van der Waals surface area contributed by atoms with Gasteiger partial charge >= 0.3 is 0 Å². The number of nitrogens with one attached hydrogen (secondary N) is 1. The van der Waals surface area contributed by atoms with Crippen LogP contribution in [0.15, 0.2) is 12.1 Å². The highest BCUT2D eigenvalue weighted by atomic mass is 14.9. The summed E-state index contributed by atoms with van der Waals surface area (Å²) in [6.45, 7) is 5.91. The molecular weight excluding hydrogens is 266 g/mol. The minimum absolute atomic E-state index is 0.182. The van der Waals surface area contributed by atoms with Crippen molar-refractivity contribution in [1.29, 1.82) is 0 Å². The lowest BCUT2D eigenvalue weighted by molar-refractivity contribution is 0.381. The average Bonchev–Trinajstić information content (AvgIpc) is 3.37. The van der Waals surface area contributed by atoms with E-state index in [0.29, 0.717) is 5.92 Å². The van der Waals surface area contributed by atoms with Gasteiger partial charge in [0.1, 0.15) is 0 Å². The van der Waals surface area contributed by atoms with Crippen molar-refractivity contribution < 1.29 is 0 Å². The van der Waals surface area contributed by atoms with Crippen molar-refractivity contribution in [3.8, 4) is 12.3 Å². The third kappa shape index (κ3) is 2.54. The molecule has 0 aliphatic heterocycles. The van der Waals surface area contributed by atoms with E-state index < -0.39 is 0 Å². The first-order chi connectivity index (χ1) is 10.6. The van der Waals surface area contributed by atoms with Gasteiger partial charge in [-0.1, -0.05) is 19.9 Å². The van der Waals surface area contributed by atoms with Crippen molar-refractivity contribution in [2.24, 2.45) is 11.8 Å². The Morgan fingerprint density at radius 1 is 1.23 bits per heavy atom. The number of benzene rings is 1. The second-order valence-electron chi connectivity index (χ2n) is 8.31. The summed E-state index contributed by atoms with van der Waals surface area (Å²) >= 11 is 0. The summed E-state index contributed by atoms with van der Waals surface area (Å²) < 4.78 is 0. The van der Waals surface area contributed by atoms with Gasteiger partial charge in [-0.15, -0.1) is 12.3 Å². The van der Waals surface area contributed by atoms with Crippen LogP contribution in [0.3, 0.4) is 0 Å². The molecule has 2 fully saturated rings. The number of terminal acetylenes is 1. The van der Waals surface area contributed by atoms with Gasteiger partial charge in [0.25, 0.3) is 0 Å². The molecule has 1 nitrogen and oxygen atoms in total. The molecule has 0 aromatic heterocycles. The van der Waals surface area contributed by atoms with E-state index >= 15 is 0 Å². The molecule has 0 radical (unpaired) electrons. The van der Waals surface area contributed by atoms with Gasteiger partial charge in [0.05, 0.1) is 0 Å². The van der Waals surface area contributed by atoms with Crippen LogP contribution in [0.1, 0.15) is 68.6 Å². The van der Waals surface area contributed by atoms with Gasteiger partial charge in [0.15, 0.2) is 0 Å². The molecule has 1 atom stereocenters. The number of hydrogen-bond acceptors (Lipinski definition) is 1. The van der Waals surface area contributed by atoms with Crippen molar-refractivity contribution in [2.45, 2.75) is 63.7 Å². The number of rotatable bonds is 4. The largest absolute Gasteiger partial charge is 0.385 e. The molecule has 1 aromatic rings. The molecule has 4 rings (SSSR count). The number of hydrogen-bond donors (Lipinski definition) is 1. The molecule has 3 aliphatic carbocycles. The monoisotopic (exact) mass is 293 g/mol. The first kappa shape index (κ1) is 14.2. The van der Waals surface area contributed by atoms with E-state index in [1.807, 2.05) is 0 Å². The fourth-order valence-electron chi connectivity index (χ4n) is 4.31. The van der Waals surface area contributed by atoms with Crippen LogP contribution in [0.4, 0.5) is 5.69 Å². The lowest BCUT2D eigenvalue weighted by Crippen LogP contribution is -2.31. The maximum Gasteiger partial charge on any atom is 0.0381 e. The van der Waals surface area contributed by atoms with E-state index in [0.717, 1.165) is 31.2 Å². The third-order valence-electron chi connectivity index (χ3n) is 5.76. The number of fused-ring (bicyclic) bond motifs is 1. The Balaban J connectivity index is 1.76. The molecule has 0 spiro atoms. The van der Waals surface area contributed by atoms with E-state index in [-0.39, 0.29) is 5.41 Å². The maximum absolute atomic E-state index is 5.80. The molecule has 0 bridgehead atoms. The van der Waals surface area contributed by atoms with Gasteiger partial charge in [-0.25, -0.2) is 0 Å². The number of anilines is 1. The van der Waals surface area contributed by atoms with Crippen LogP contribution in [0, 0.1) is 24.2 Å². The third-order valence-corrected chi connectivity index (χ3v) is 5.76. The molecule has 0 amide bonds. The molecule has 0 saturated heterocycles. The fourth-order valence-corrected chi connectivity index (χ4v) is 4.31. The zero-order chi connectivity index (χ0) is 15.3. The minimum atomic E-state index is 0.182. The van der Waals surface area contributed by atoms with Crippen LogP contribution in [-0.2, 0) is 11.8 Å². The summed E-state index contributed by atoms with van der Waals surface area (Å²) in [5, 5.41) is 3.76. The first-order valence-corrected chi connectivity index (χ1v) is 8.95.